The fourth-order valence-corrected chi connectivity index (χ4v) is 2.21. The topological polar surface area (TPSA) is 21.3 Å². The molecule has 0 aromatic heterocycles. The van der Waals surface area contributed by atoms with Crippen molar-refractivity contribution in [3.8, 4) is 0 Å². The lowest BCUT2D eigenvalue weighted by Crippen LogP contribution is -2.35. The molecule has 2 nitrogen and oxygen atoms in total. The maximum absolute atomic E-state index is 6.12. The van der Waals surface area contributed by atoms with Crippen LogP contribution >= 0.6 is 23.2 Å². The van der Waals surface area contributed by atoms with Crippen molar-refractivity contribution in [3.05, 3.63) is 33.8 Å². The van der Waals surface area contributed by atoms with Crippen LogP contribution in [0.15, 0.2) is 18.2 Å². The summed E-state index contributed by atoms with van der Waals surface area (Å²) in [5, 5.41) is 4.77. The van der Waals surface area contributed by atoms with E-state index in [0.717, 1.165) is 18.5 Å². The van der Waals surface area contributed by atoms with Crippen LogP contribution in [0.4, 0.5) is 0 Å². The molecule has 1 unspecified atom stereocenters. The van der Waals surface area contributed by atoms with Crippen molar-refractivity contribution in [2.75, 3.05) is 20.3 Å². The van der Waals surface area contributed by atoms with Crippen molar-refractivity contribution in [1.82, 2.24) is 5.32 Å². The Labute approximate surface area is 107 Å². The lowest BCUT2D eigenvalue weighted by molar-refractivity contribution is 0.167. The molecule has 0 heterocycles. The summed E-state index contributed by atoms with van der Waals surface area (Å²) in [6.45, 7) is 3.61. The first-order valence-corrected chi connectivity index (χ1v) is 6.09. The summed E-state index contributed by atoms with van der Waals surface area (Å²) in [4.78, 5) is 0. The minimum Gasteiger partial charge on any atom is -0.383 e. The van der Waals surface area contributed by atoms with Crippen LogP contribution in [-0.2, 0) is 11.2 Å². The van der Waals surface area contributed by atoms with E-state index in [-0.39, 0.29) is 6.04 Å². The lowest BCUT2D eigenvalue weighted by Gasteiger charge is -2.18. The first-order valence-electron chi connectivity index (χ1n) is 5.34. The van der Waals surface area contributed by atoms with Gasteiger partial charge in [-0.25, -0.2) is 0 Å². The average Bonchev–Trinajstić information content (AvgIpc) is 2.24. The molecule has 0 radical (unpaired) electrons. The minimum absolute atomic E-state index is 0.243. The number of hydrogen-bond acceptors (Lipinski definition) is 2. The molecule has 0 saturated heterocycles. The Bertz CT molecular complexity index is 305. The lowest BCUT2D eigenvalue weighted by atomic mass is 10.1. The van der Waals surface area contributed by atoms with Crippen LogP contribution in [0.1, 0.15) is 12.5 Å². The monoisotopic (exact) mass is 261 g/mol. The molecule has 0 saturated carbocycles. The van der Waals surface area contributed by atoms with Gasteiger partial charge in [0.05, 0.1) is 6.61 Å². The van der Waals surface area contributed by atoms with E-state index in [2.05, 4.69) is 12.2 Å². The van der Waals surface area contributed by atoms with Crippen molar-refractivity contribution in [3.63, 3.8) is 0 Å². The zero-order chi connectivity index (χ0) is 12.0. The number of benzene rings is 1. The third-order valence-corrected chi connectivity index (χ3v) is 3.08. The Kier molecular flexibility index (Phi) is 6.14. The van der Waals surface area contributed by atoms with Crippen molar-refractivity contribution in [2.45, 2.75) is 19.4 Å². The van der Waals surface area contributed by atoms with Crippen LogP contribution < -0.4 is 5.32 Å². The number of nitrogens with one attached hydrogen (secondary N) is 1. The van der Waals surface area contributed by atoms with Crippen molar-refractivity contribution in [1.29, 1.82) is 0 Å². The van der Waals surface area contributed by atoms with Crippen LogP contribution in [-0.4, -0.2) is 26.3 Å². The van der Waals surface area contributed by atoms with Crippen LogP contribution in [0.5, 0.6) is 0 Å². The average molecular weight is 262 g/mol. The normalized spacial score (nSPS) is 12.8. The zero-order valence-corrected chi connectivity index (χ0v) is 11.1. The van der Waals surface area contributed by atoms with E-state index in [0.29, 0.717) is 16.7 Å². The molecule has 1 aromatic carbocycles. The first-order chi connectivity index (χ1) is 7.69. The van der Waals surface area contributed by atoms with Crippen LogP contribution in [0, 0.1) is 0 Å². The molecular weight excluding hydrogens is 245 g/mol. The third kappa shape index (κ3) is 3.95. The number of likely N-dealkylation sites (N-methyl/N-ethyl adjacent to an activating group) is 1. The summed E-state index contributed by atoms with van der Waals surface area (Å²) in [6, 6.07) is 5.82. The molecule has 1 rings (SSSR count). The van der Waals surface area contributed by atoms with E-state index in [1.54, 1.807) is 7.11 Å². The molecule has 1 aromatic rings. The van der Waals surface area contributed by atoms with E-state index >= 15 is 0 Å². The Morgan fingerprint density at radius 2 is 1.94 bits per heavy atom. The van der Waals surface area contributed by atoms with Crippen molar-refractivity contribution >= 4 is 23.2 Å². The van der Waals surface area contributed by atoms with Gasteiger partial charge in [0.1, 0.15) is 0 Å². The highest BCUT2D eigenvalue weighted by molar-refractivity contribution is 6.35. The fraction of sp³-hybridized carbons (Fsp3) is 0.500. The highest BCUT2D eigenvalue weighted by Gasteiger charge is 2.12. The quantitative estimate of drug-likeness (QED) is 0.850. The van der Waals surface area contributed by atoms with Gasteiger partial charge in [0.25, 0.3) is 0 Å². The molecule has 1 N–H and O–H groups in total. The third-order valence-electron chi connectivity index (χ3n) is 2.37. The largest absolute Gasteiger partial charge is 0.383 e. The first kappa shape index (κ1) is 13.8. The second-order valence-electron chi connectivity index (χ2n) is 3.61. The number of hydrogen-bond donors (Lipinski definition) is 1. The van der Waals surface area contributed by atoms with Gasteiger partial charge in [-0.1, -0.05) is 36.2 Å². The molecule has 0 aliphatic heterocycles. The molecule has 0 bridgehead atoms. The van der Waals surface area contributed by atoms with Gasteiger partial charge < -0.3 is 10.1 Å². The van der Waals surface area contributed by atoms with Gasteiger partial charge >= 0.3 is 0 Å². The van der Waals surface area contributed by atoms with Gasteiger partial charge in [-0.15, -0.1) is 0 Å². The number of ether oxygens (including phenoxy) is 1. The molecule has 1 atom stereocenters. The zero-order valence-electron chi connectivity index (χ0n) is 9.59. The number of halogens is 2. The van der Waals surface area contributed by atoms with Crippen molar-refractivity contribution < 1.29 is 4.74 Å². The molecule has 0 spiro atoms. The van der Waals surface area contributed by atoms with Crippen LogP contribution in [0.2, 0.25) is 10.0 Å². The number of rotatable bonds is 6. The molecule has 4 heteroatoms. The Morgan fingerprint density at radius 1 is 1.31 bits per heavy atom. The highest BCUT2D eigenvalue weighted by atomic mass is 35.5. The molecule has 90 valence electrons. The maximum atomic E-state index is 6.12. The fourth-order valence-electron chi connectivity index (χ4n) is 1.65. The van der Waals surface area contributed by atoms with E-state index in [9.17, 15) is 0 Å². The molecule has 0 amide bonds. The number of methoxy groups -OCH3 is 1. The van der Waals surface area contributed by atoms with Crippen LogP contribution in [0.25, 0.3) is 0 Å². The molecule has 0 aliphatic rings. The Balaban J connectivity index is 2.76. The second kappa shape index (κ2) is 7.13. The summed E-state index contributed by atoms with van der Waals surface area (Å²) < 4.78 is 5.16. The van der Waals surface area contributed by atoms with Gasteiger partial charge in [-0.05, 0) is 30.7 Å². The van der Waals surface area contributed by atoms with E-state index in [1.807, 2.05) is 18.2 Å². The molecule has 16 heavy (non-hydrogen) atoms. The summed E-state index contributed by atoms with van der Waals surface area (Å²) in [5.74, 6) is 0. The summed E-state index contributed by atoms with van der Waals surface area (Å²) >= 11 is 12.2. The van der Waals surface area contributed by atoms with E-state index < -0.39 is 0 Å². The van der Waals surface area contributed by atoms with Gasteiger partial charge in [0, 0.05) is 23.2 Å². The van der Waals surface area contributed by atoms with Gasteiger partial charge in [0.15, 0.2) is 0 Å². The van der Waals surface area contributed by atoms with Crippen LogP contribution in [0.3, 0.4) is 0 Å². The molecular formula is C12H17Cl2NO. The van der Waals surface area contributed by atoms with Gasteiger partial charge in [-0.2, -0.15) is 0 Å². The highest BCUT2D eigenvalue weighted by Crippen LogP contribution is 2.25. The SMILES string of the molecule is CCNC(COC)Cc1c(Cl)cccc1Cl. The maximum Gasteiger partial charge on any atom is 0.0619 e. The molecule has 0 aliphatic carbocycles. The predicted molar refractivity (Wildman–Crippen MR) is 69.5 cm³/mol. The minimum atomic E-state index is 0.243. The van der Waals surface area contributed by atoms with E-state index in [4.69, 9.17) is 27.9 Å². The summed E-state index contributed by atoms with van der Waals surface area (Å²) in [6.07, 6.45) is 0.778. The van der Waals surface area contributed by atoms with Gasteiger partial charge in [0.2, 0.25) is 0 Å². The van der Waals surface area contributed by atoms with Crippen molar-refractivity contribution in [2.24, 2.45) is 0 Å². The Hall–Kier alpha value is -0.280. The molecule has 0 fully saturated rings. The Morgan fingerprint density at radius 3 is 2.44 bits per heavy atom. The standard InChI is InChI=1S/C12H17Cl2NO/c1-3-15-9(8-16-2)7-10-11(13)5-4-6-12(10)14/h4-6,9,15H,3,7-8H2,1-2H3. The second-order valence-corrected chi connectivity index (χ2v) is 4.43. The summed E-state index contributed by atoms with van der Waals surface area (Å²) in [5.41, 5.74) is 0.980. The summed E-state index contributed by atoms with van der Waals surface area (Å²) in [7, 11) is 1.69. The van der Waals surface area contributed by atoms with E-state index in [1.165, 1.54) is 0 Å². The van der Waals surface area contributed by atoms with Gasteiger partial charge in [-0.3, -0.25) is 0 Å². The predicted octanol–water partition coefficient (Wildman–Crippen LogP) is 3.16. The smallest absolute Gasteiger partial charge is 0.0619 e.